The van der Waals surface area contributed by atoms with E-state index in [9.17, 15) is 4.79 Å². The summed E-state index contributed by atoms with van der Waals surface area (Å²) in [6.07, 6.45) is 0.980. The van der Waals surface area contributed by atoms with Crippen LogP contribution < -0.4 is 0 Å². The molecule has 0 aliphatic rings. The Hall–Kier alpha value is -1.04. The van der Waals surface area contributed by atoms with Gasteiger partial charge in [0.25, 0.3) is 0 Å². The van der Waals surface area contributed by atoms with Crippen LogP contribution in [0.2, 0.25) is 0 Å². The van der Waals surface area contributed by atoms with Gasteiger partial charge in [-0.25, -0.2) is 0 Å². The quantitative estimate of drug-likeness (QED) is 0.653. The predicted octanol–water partition coefficient (Wildman–Crippen LogP) is 2.66. The molecule has 1 unspecified atom stereocenters. The second-order valence-corrected chi connectivity index (χ2v) is 4.73. The normalized spacial score (nSPS) is 15.4. The van der Waals surface area contributed by atoms with Crippen LogP contribution in [0.3, 0.4) is 0 Å². The molecule has 0 amide bonds. The fraction of sp³-hybridized carbons (Fsp3) is 0.818. The number of nitrogens with zero attached hydrogens (tertiary/aromatic N) is 1. The van der Waals surface area contributed by atoms with Crippen LogP contribution in [0.5, 0.6) is 0 Å². The second-order valence-electron chi connectivity index (χ2n) is 4.73. The maximum absolute atomic E-state index is 11.0. The predicted molar refractivity (Wildman–Crippen MR) is 54.5 cm³/mol. The monoisotopic (exact) mass is 197 g/mol. The molecule has 0 aromatic heterocycles. The van der Waals surface area contributed by atoms with Gasteiger partial charge in [-0.3, -0.25) is 4.79 Å². The van der Waals surface area contributed by atoms with Crippen LogP contribution in [0.4, 0.5) is 0 Å². The van der Waals surface area contributed by atoms with Gasteiger partial charge in [0.05, 0.1) is 6.07 Å². The number of hydrogen-bond donors (Lipinski definition) is 0. The highest BCUT2D eigenvalue weighted by Crippen LogP contribution is 2.37. The van der Waals surface area contributed by atoms with Gasteiger partial charge in [-0.15, -0.1) is 0 Å². The van der Waals surface area contributed by atoms with Crippen LogP contribution in [0.25, 0.3) is 0 Å². The van der Waals surface area contributed by atoms with Crippen LogP contribution in [0.15, 0.2) is 0 Å². The van der Waals surface area contributed by atoms with Crippen molar-refractivity contribution in [1.82, 2.24) is 0 Å². The third-order valence-corrected chi connectivity index (χ3v) is 2.67. The smallest absolute Gasteiger partial charge is 0.303 e. The zero-order valence-corrected chi connectivity index (χ0v) is 9.68. The first-order chi connectivity index (χ1) is 6.23. The van der Waals surface area contributed by atoms with E-state index in [0.29, 0.717) is 12.8 Å². The largest absolute Gasteiger partial charge is 0.459 e. The van der Waals surface area contributed by atoms with Gasteiger partial charge in [0.2, 0.25) is 0 Å². The van der Waals surface area contributed by atoms with Gasteiger partial charge in [-0.2, -0.15) is 5.26 Å². The van der Waals surface area contributed by atoms with Crippen LogP contribution in [0, 0.1) is 16.7 Å². The van der Waals surface area contributed by atoms with Crippen LogP contribution in [-0.2, 0) is 9.53 Å². The van der Waals surface area contributed by atoms with E-state index in [4.69, 9.17) is 10.00 Å². The lowest BCUT2D eigenvalue weighted by Crippen LogP contribution is -2.43. The van der Waals surface area contributed by atoms with Gasteiger partial charge in [0.1, 0.15) is 5.60 Å². The Labute approximate surface area is 86.1 Å². The molecule has 14 heavy (non-hydrogen) atoms. The Balaban J connectivity index is 4.68. The second kappa shape index (κ2) is 4.45. The molecule has 0 radical (unpaired) electrons. The molecule has 0 spiro atoms. The topological polar surface area (TPSA) is 50.1 Å². The molecule has 0 bridgehead atoms. The summed E-state index contributed by atoms with van der Waals surface area (Å²) in [6.45, 7) is 9.30. The fourth-order valence-corrected chi connectivity index (χ4v) is 1.19. The highest BCUT2D eigenvalue weighted by atomic mass is 16.6. The highest BCUT2D eigenvalue weighted by molar-refractivity contribution is 5.66. The summed E-state index contributed by atoms with van der Waals surface area (Å²) in [4.78, 5) is 11.0. The summed E-state index contributed by atoms with van der Waals surface area (Å²) in [7, 11) is 0. The SMILES string of the molecule is CC(=O)OC(C)(CCC#N)C(C)(C)C. The molecule has 3 nitrogen and oxygen atoms in total. The Morgan fingerprint density at radius 2 is 1.86 bits per heavy atom. The molecule has 0 saturated heterocycles. The number of carbonyl (C=O) groups is 1. The van der Waals surface area contributed by atoms with Gasteiger partial charge in [0, 0.05) is 25.2 Å². The summed E-state index contributed by atoms with van der Waals surface area (Å²) < 4.78 is 5.31. The average Bonchev–Trinajstić information content (AvgIpc) is 1.97. The Morgan fingerprint density at radius 3 is 2.14 bits per heavy atom. The summed E-state index contributed by atoms with van der Waals surface area (Å²) >= 11 is 0. The van der Waals surface area contributed by atoms with E-state index >= 15 is 0 Å². The molecule has 0 fully saturated rings. The molecule has 0 saturated carbocycles. The first-order valence-corrected chi connectivity index (χ1v) is 4.79. The van der Waals surface area contributed by atoms with Crippen molar-refractivity contribution in [1.29, 1.82) is 5.26 Å². The Kier molecular flexibility index (Phi) is 4.12. The first-order valence-electron chi connectivity index (χ1n) is 4.79. The van der Waals surface area contributed by atoms with E-state index in [2.05, 4.69) is 6.07 Å². The van der Waals surface area contributed by atoms with Crippen molar-refractivity contribution in [3.05, 3.63) is 0 Å². The number of ether oxygens (including phenoxy) is 1. The Bertz CT molecular complexity index is 247. The van der Waals surface area contributed by atoms with Crippen molar-refractivity contribution < 1.29 is 9.53 Å². The van der Waals surface area contributed by atoms with Crippen molar-refractivity contribution in [3.63, 3.8) is 0 Å². The third kappa shape index (κ3) is 3.37. The van der Waals surface area contributed by atoms with E-state index in [1.807, 2.05) is 27.7 Å². The molecule has 0 heterocycles. The van der Waals surface area contributed by atoms with E-state index < -0.39 is 5.60 Å². The summed E-state index contributed by atoms with van der Waals surface area (Å²) in [5.74, 6) is -0.291. The number of nitriles is 1. The van der Waals surface area contributed by atoms with E-state index in [0.717, 1.165) is 0 Å². The molecule has 0 aliphatic heterocycles. The molecule has 1 atom stereocenters. The molecular formula is C11H19NO2. The van der Waals surface area contributed by atoms with Crippen LogP contribution in [0.1, 0.15) is 47.5 Å². The molecule has 3 heteroatoms. The van der Waals surface area contributed by atoms with Gasteiger partial charge < -0.3 is 4.74 Å². The molecular weight excluding hydrogens is 178 g/mol. The average molecular weight is 197 g/mol. The van der Waals surface area contributed by atoms with E-state index in [-0.39, 0.29) is 11.4 Å². The molecule has 80 valence electrons. The molecule has 0 aliphatic carbocycles. The lowest BCUT2D eigenvalue weighted by Gasteiger charge is -2.40. The van der Waals surface area contributed by atoms with Crippen molar-refractivity contribution in [2.45, 2.75) is 53.1 Å². The van der Waals surface area contributed by atoms with Crippen molar-refractivity contribution >= 4 is 5.97 Å². The minimum absolute atomic E-state index is 0.157. The van der Waals surface area contributed by atoms with Crippen molar-refractivity contribution in [3.8, 4) is 6.07 Å². The van der Waals surface area contributed by atoms with Gasteiger partial charge >= 0.3 is 5.97 Å². The maximum atomic E-state index is 11.0. The molecule has 0 aromatic rings. The summed E-state index contributed by atoms with van der Waals surface area (Å²) in [6, 6.07) is 2.08. The van der Waals surface area contributed by atoms with Crippen molar-refractivity contribution in [2.75, 3.05) is 0 Å². The van der Waals surface area contributed by atoms with Gasteiger partial charge in [-0.1, -0.05) is 20.8 Å². The van der Waals surface area contributed by atoms with Crippen LogP contribution in [-0.4, -0.2) is 11.6 Å². The third-order valence-electron chi connectivity index (χ3n) is 2.67. The number of esters is 1. The van der Waals surface area contributed by atoms with Crippen molar-refractivity contribution in [2.24, 2.45) is 5.41 Å². The standard InChI is InChI=1S/C11H19NO2/c1-9(13)14-11(5,7-6-8-12)10(2,3)4/h6-7H2,1-5H3. The number of rotatable bonds is 3. The molecule has 0 rings (SSSR count). The lowest BCUT2D eigenvalue weighted by molar-refractivity contribution is -0.168. The molecule has 0 aromatic carbocycles. The maximum Gasteiger partial charge on any atom is 0.303 e. The summed E-state index contributed by atoms with van der Waals surface area (Å²) in [5.41, 5.74) is -0.718. The van der Waals surface area contributed by atoms with E-state index in [1.165, 1.54) is 6.92 Å². The number of hydrogen-bond acceptors (Lipinski definition) is 3. The highest BCUT2D eigenvalue weighted by Gasteiger charge is 2.40. The first kappa shape index (κ1) is 13.0. The minimum Gasteiger partial charge on any atom is -0.459 e. The zero-order valence-electron chi connectivity index (χ0n) is 9.68. The lowest BCUT2D eigenvalue weighted by atomic mass is 9.75. The minimum atomic E-state index is -0.561. The van der Waals surface area contributed by atoms with Gasteiger partial charge in [-0.05, 0) is 6.92 Å². The van der Waals surface area contributed by atoms with Crippen LogP contribution >= 0.6 is 0 Å². The Morgan fingerprint density at radius 1 is 1.36 bits per heavy atom. The zero-order chi connectivity index (χ0) is 11.4. The number of carbonyl (C=O) groups excluding carboxylic acids is 1. The molecule has 0 N–H and O–H groups in total. The van der Waals surface area contributed by atoms with Gasteiger partial charge in [0.15, 0.2) is 0 Å². The summed E-state index contributed by atoms with van der Waals surface area (Å²) in [5, 5.41) is 8.54. The fourth-order valence-electron chi connectivity index (χ4n) is 1.19. The van der Waals surface area contributed by atoms with E-state index in [1.54, 1.807) is 0 Å².